The molecule has 0 amide bonds. The second-order valence-corrected chi connectivity index (χ2v) is 9.44. The van der Waals surface area contributed by atoms with E-state index in [2.05, 4.69) is 58.5 Å². The number of aromatic nitrogens is 2. The van der Waals surface area contributed by atoms with E-state index in [1.807, 2.05) is 60.7 Å². The van der Waals surface area contributed by atoms with Crippen LogP contribution in [-0.4, -0.2) is 9.97 Å². The smallest absolute Gasteiger partial charge is 0.227 e. The van der Waals surface area contributed by atoms with E-state index in [-0.39, 0.29) is 0 Å². The molecule has 0 unspecified atom stereocenters. The Morgan fingerprint density at radius 1 is 0.421 bits per heavy atom. The summed E-state index contributed by atoms with van der Waals surface area (Å²) in [4.78, 5) is 9.30. The molecule has 38 heavy (non-hydrogen) atoms. The molecule has 2 aromatic heterocycles. The van der Waals surface area contributed by atoms with E-state index >= 15 is 0 Å². The van der Waals surface area contributed by atoms with Gasteiger partial charge in [0, 0.05) is 22.3 Å². The molecule has 4 nitrogen and oxygen atoms in total. The third-order valence-corrected chi connectivity index (χ3v) is 7.25. The molecule has 8 aromatic rings. The van der Waals surface area contributed by atoms with E-state index in [0.29, 0.717) is 11.8 Å². The molecule has 2 heterocycles. The molecular formula is C34H20N2O2. The number of rotatable bonds is 4. The van der Waals surface area contributed by atoms with Gasteiger partial charge in [-0.05, 0) is 44.5 Å². The van der Waals surface area contributed by atoms with Crippen molar-refractivity contribution in [3.63, 3.8) is 0 Å². The topological polar surface area (TPSA) is 52.1 Å². The van der Waals surface area contributed by atoms with Crippen LogP contribution in [0, 0.1) is 0 Å². The molecular weight excluding hydrogens is 468 g/mol. The second kappa shape index (κ2) is 8.15. The van der Waals surface area contributed by atoms with E-state index in [4.69, 9.17) is 8.83 Å². The lowest BCUT2D eigenvalue weighted by Gasteiger charge is -2.14. The zero-order valence-corrected chi connectivity index (χ0v) is 20.3. The van der Waals surface area contributed by atoms with E-state index in [0.717, 1.165) is 44.5 Å². The molecule has 0 aliphatic rings. The van der Waals surface area contributed by atoms with Crippen molar-refractivity contribution in [2.75, 3.05) is 0 Å². The SMILES string of the molecule is c1ccc(-c2cnc(-c3ccc4ccc5c(-c6ncc(-c7ccccc7)o6)ccc6ccc3c4c65)o2)cc1. The van der Waals surface area contributed by atoms with Crippen molar-refractivity contribution in [3.8, 4) is 45.6 Å². The molecule has 0 aliphatic carbocycles. The van der Waals surface area contributed by atoms with Crippen LogP contribution in [0.25, 0.3) is 77.9 Å². The van der Waals surface area contributed by atoms with Crippen LogP contribution in [0.2, 0.25) is 0 Å². The largest absolute Gasteiger partial charge is 0.436 e. The predicted octanol–water partition coefficient (Wildman–Crippen LogP) is 9.23. The van der Waals surface area contributed by atoms with Crippen molar-refractivity contribution in [1.82, 2.24) is 9.97 Å². The number of hydrogen-bond donors (Lipinski definition) is 0. The average molecular weight is 489 g/mol. The highest BCUT2D eigenvalue weighted by molar-refractivity contribution is 6.27. The van der Waals surface area contributed by atoms with E-state index in [1.165, 1.54) is 21.5 Å². The van der Waals surface area contributed by atoms with Crippen LogP contribution in [0.4, 0.5) is 0 Å². The standard InChI is InChI=1S/C34H20N2O2/c1-3-7-21(8-4-1)29-19-35-33(37-29)27-17-13-23-12-16-26-28(18-14-24-11-15-25(27)31(23)32(24)26)34-36-20-30(38-34)22-9-5-2-6-10-22/h1-20H. The molecule has 4 heteroatoms. The van der Waals surface area contributed by atoms with E-state index in [9.17, 15) is 0 Å². The minimum atomic E-state index is 0.613. The Hall–Kier alpha value is -5.22. The Morgan fingerprint density at radius 2 is 0.842 bits per heavy atom. The first-order valence-corrected chi connectivity index (χ1v) is 12.6. The summed E-state index contributed by atoms with van der Waals surface area (Å²) < 4.78 is 12.5. The highest BCUT2D eigenvalue weighted by atomic mass is 16.4. The maximum atomic E-state index is 6.25. The van der Waals surface area contributed by atoms with Crippen molar-refractivity contribution in [2.24, 2.45) is 0 Å². The van der Waals surface area contributed by atoms with Crippen molar-refractivity contribution >= 4 is 32.3 Å². The Kier molecular flexibility index (Phi) is 4.49. The summed E-state index contributed by atoms with van der Waals surface area (Å²) in [6.07, 6.45) is 3.60. The molecule has 0 fully saturated rings. The zero-order chi connectivity index (χ0) is 25.1. The first kappa shape index (κ1) is 20.9. The fraction of sp³-hybridized carbons (Fsp3) is 0. The molecule has 0 bridgehead atoms. The van der Waals surface area contributed by atoms with Crippen LogP contribution in [-0.2, 0) is 0 Å². The van der Waals surface area contributed by atoms with Gasteiger partial charge >= 0.3 is 0 Å². The molecule has 8 rings (SSSR count). The Balaban J connectivity index is 1.32. The van der Waals surface area contributed by atoms with E-state index in [1.54, 1.807) is 12.4 Å². The lowest BCUT2D eigenvalue weighted by molar-refractivity contribution is 0.589. The van der Waals surface area contributed by atoms with Gasteiger partial charge in [0.05, 0.1) is 12.4 Å². The van der Waals surface area contributed by atoms with Gasteiger partial charge in [-0.25, -0.2) is 9.97 Å². The monoisotopic (exact) mass is 488 g/mol. The Labute approximate surface area is 218 Å². The summed E-state index contributed by atoms with van der Waals surface area (Å²) in [7, 11) is 0. The van der Waals surface area contributed by atoms with Crippen LogP contribution >= 0.6 is 0 Å². The van der Waals surface area contributed by atoms with Gasteiger partial charge in [-0.1, -0.05) is 97.1 Å². The number of hydrogen-bond acceptors (Lipinski definition) is 4. The zero-order valence-electron chi connectivity index (χ0n) is 20.3. The van der Waals surface area contributed by atoms with Gasteiger partial charge in [0.25, 0.3) is 0 Å². The highest BCUT2D eigenvalue weighted by Gasteiger charge is 2.19. The van der Waals surface area contributed by atoms with Crippen molar-refractivity contribution in [2.45, 2.75) is 0 Å². The fourth-order valence-electron chi connectivity index (χ4n) is 5.44. The third-order valence-electron chi connectivity index (χ3n) is 7.25. The minimum absolute atomic E-state index is 0.613. The molecule has 0 saturated carbocycles. The molecule has 0 atom stereocenters. The molecule has 0 aliphatic heterocycles. The van der Waals surface area contributed by atoms with Crippen molar-refractivity contribution in [3.05, 3.63) is 122 Å². The molecule has 0 radical (unpaired) electrons. The maximum absolute atomic E-state index is 6.25. The van der Waals surface area contributed by atoms with Crippen molar-refractivity contribution < 1.29 is 8.83 Å². The minimum Gasteiger partial charge on any atom is -0.436 e. The molecule has 0 spiro atoms. The summed E-state index contributed by atoms with van der Waals surface area (Å²) >= 11 is 0. The molecule has 178 valence electrons. The van der Waals surface area contributed by atoms with Crippen LogP contribution in [0.5, 0.6) is 0 Å². The average Bonchev–Trinajstić information content (AvgIpc) is 3.68. The summed E-state index contributed by atoms with van der Waals surface area (Å²) in [5.74, 6) is 2.74. The number of nitrogens with zero attached hydrogens (tertiary/aromatic N) is 2. The molecule has 0 saturated heterocycles. The number of benzene rings is 6. The van der Waals surface area contributed by atoms with Crippen molar-refractivity contribution in [1.29, 1.82) is 0 Å². The van der Waals surface area contributed by atoms with Gasteiger partial charge in [-0.2, -0.15) is 0 Å². The summed E-state index contributed by atoms with van der Waals surface area (Å²) in [6, 6.07) is 37.3. The second-order valence-electron chi connectivity index (χ2n) is 9.44. The van der Waals surface area contributed by atoms with Gasteiger partial charge in [0.2, 0.25) is 11.8 Å². The first-order chi connectivity index (χ1) is 18.8. The van der Waals surface area contributed by atoms with Crippen LogP contribution in [0.3, 0.4) is 0 Å². The summed E-state index contributed by atoms with van der Waals surface area (Å²) in [5.41, 5.74) is 3.97. The quantitative estimate of drug-likeness (QED) is 0.232. The fourth-order valence-corrected chi connectivity index (χ4v) is 5.44. The number of oxazole rings is 2. The van der Waals surface area contributed by atoms with Gasteiger partial charge in [-0.15, -0.1) is 0 Å². The van der Waals surface area contributed by atoms with Crippen LogP contribution in [0.15, 0.2) is 130 Å². The van der Waals surface area contributed by atoms with Gasteiger partial charge < -0.3 is 8.83 Å². The lowest BCUT2D eigenvalue weighted by atomic mass is 9.90. The maximum Gasteiger partial charge on any atom is 0.227 e. The Bertz CT molecular complexity index is 1920. The van der Waals surface area contributed by atoms with Crippen LogP contribution < -0.4 is 0 Å². The van der Waals surface area contributed by atoms with E-state index < -0.39 is 0 Å². The molecule has 6 aromatic carbocycles. The summed E-state index contributed by atoms with van der Waals surface area (Å²) in [5, 5.41) is 6.94. The predicted molar refractivity (Wildman–Crippen MR) is 152 cm³/mol. The third kappa shape index (κ3) is 3.17. The summed E-state index contributed by atoms with van der Waals surface area (Å²) in [6.45, 7) is 0. The van der Waals surface area contributed by atoms with Gasteiger partial charge in [0.1, 0.15) is 0 Å². The highest BCUT2D eigenvalue weighted by Crippen LogP contribution is 2.42. The van der Waals surface area contributed by atoms with Crippen LogP contribution in [0.1, 0.15) is 0 Å². The molecule has 0 N–H and O–H groups in total. The van der Waals surface area contributed by atoms with Gasteiger partial charge in [-0.3, -0.25) is 0 Å². The first-order valence-electron chi connectivity index (χ1n) is 12.6. The lowest BCUT2D eigenvalue weighted by Crippen LogP contribution is -1.89. The Morgan fingerprint density at radius 3 is 1.29 bits per heavy atom. The normalized spacial score (nSPS) is 11.7. The van der Waals surface area contributed by atoms with Gasteiger partial charge in [0.15, 0.2) is 11.5 Å².